The van der Waals surface area contributed by atoms with Gasteiger partial charge in [-0.15, -0.1) is 24.2 Å². The lowest BCUT2D eigenvalue weighted by atomic mass is 10.0. The number of methoxy groups -OCH3 is 2. The second-order valence-electron chi connectivity index (χ2n) is 6.72. The van der Waals surface area contributed by atoms with E-state index < -0.39 is 0 Å². The fraction of sp³-hybridized carbons (Fsp3) is 0.318. The Kier molecular flexibility index (Phi) is 7.88. The van der Waals surface area contributed by atoms with E-state index in [4.69, 9.17) is 9.47 Å². The molecule has 0 aliphatic carbocycles. The molecule has 0 saturated heterocycles. The number of Topliss-reactive ketones (excluding diaryl/α,β-unsaturated/α-hetero) is 1. The van der Waals surface area contributed by atoms with Crippen molar-refractivity contribution in [1.29, 1.82) is 0 Å². The van der Waals surface area contributed by atoms with Crippen LogP contribution in [0.15, 0.2) is 48.5 Å². The molecule has 1 heterocycles. The van der Waals surface area contributed by atoms with Crippen LogP contribution in [0.1, 0.15) is 18.1 Å². The van der Waals surface area contributed by atoms with Crippen molar-refractivity contribution in [2.24, 2.45) is 0 Å². The van der Waals surface area contributed by atoms with E-state index in [0.29, 0.717) is 5.75 Å². The fourth-order valence-corrected chi connectivity index (χ4v) is 4.45. The summed E-state index contributed by atoms with van der Waals surface area (Å²) in [5.74, 6) is 2.31. The van der Waals surface area contributed by atoms with Gasteiger partial charge in [-0.1, -0.05) is 0 Å². The average Bonchev–Trinajstić information content (AvgIpc) is 2.96. The first-order chi connectivity index (χ1) is 13.5. The van der Waals surface area contributed by atoms with Crippen LogP contribution >= 0.6 is 24.2 Å². The second kappa shape index (κ2) is 9.94. The summed E-state index contributed by atoms with van der Waals surface area (Å²) >= 11 is 1.63. The van der Waals surface area contributed by atoms with Crippen molar-refractivity contribution >= 4 is 41.3 Å². The van der Waals surface area contributed by atoms with Crippen LogP contribution in [0.4, 0.5) is 0 Å². The van der Waals surface area contributed by atoms with Crippen molar-refractivity contribution in [1.82, 2.24) is 9.80 Å². The fourth-order valence-electron chi connectivity index (χ4n) is 3.41. The number of hydrogen-bond donors (Lipinski definition) is 0. The highest BCUT2D eigenvalue weighted by Crippen LogP contribution is 2.43. The number of benzene rings is 2. The lowest BCUT2D eigenvalue weighted by Gasteiger charge is -2.29. The lowest BCUT2D eigenvalue weighted by molar-refractivity contribution is -0.114. The van der Waals surface area contributed by atoms with Gasteiger partial charge in [-0.3, -0.25) is 4.79 Å². The van der Waals surface area contributed by atoms with Crippen LogP contribution in [0.3, 0.4) is 0 Å². The van der Waals surface area contributed by atoms with Gasteiger partial charge in [-0.2, -0.15) is 0 Å². The quantitative estimate of drug-likeness (QED) is 0.642. The van der Waals surface area contributed by atoms with E-state index in [2.05, 4.69) is 48.2 Å². The van der Waals surface area contributed by atoms with Crippen molar-refractivity contribution in [2.45, 2.75) is 12.4 Å². The third-order valence-electron chi connectivity index (χ3n) is 4.75. The van der Waals surface area contributed by atoms with Crippen molar-refractivity contribution in [3.05, 3.63) is 59.7 Å². The minimum absolute atomic E-state index is 0. The van der Waals surface area contributed by atoms with Crippen molar-refractivity contribution in [3.63, 3.8) is 0 Å². The number of ether oxygens (including phenoxy) is 2. The first kappa shape index (κ1) is 23.0. The Morgan fingerprint density at radius 3 is 1.55 bits per heavy atom. The molecule has 0 spiro atoms. The molecule has 0 fully saturated rings. The summed E-state index contributed by atoms with van der Waals surface area (Å²) in [4.78, 5) is 16.0. The van der Waals surface area contributed by atoms with E-state index in [9.17, 15) is 4.79 Å². The summed E-state index contributed by atoms with van der Waals surface area (Å²) in [7, 11) is 7.48. The standard InChI is InChI=1S/C22H26N2O3S.ClH/c1-15(25)14-28-22-23(2)20(16-6-10-18(26-4)11-7-16)21(24(22)3)17-8-12-19(27-5)13-9-17;/h6-13,22H,14H2,1-5H3;1H. The van der Waals surface area contributed by atoms with Gasteiger partial charge in [0.15, 0.2) is 5.50 Å². The van der Waals surface area contributed by atoms with Crippen LogP contribution in [0.25, 0.3) is 11.4 Å². The molecule has 0 unspecified atom stereocenters. The van der Waals surface area contributed by atoms with Gasteiger partial charge >= 0.3 is 0 Å². The van der Waals surface area contributed by atoms with Crippen LogP contribution in [-0.2, 0) is 4.79 Å². The molecule has 3 rings (SSSR count). The highest BCUT2D eigenvalue weighted by atomic mass is 35.5. The third-order valence-corrected chi connectivity index (χ3v) is 6.26. The number of halogens is 1. The monoisotopic (exact) mass is 434 g/mol. The normalized spacial score (nSPS) is 14.1. The molecule has 5 nitrogen and oxygen atoms in total. The number of carbonyl (C=O) groups is 1. The largest absolute Gasteiger partial charge is 0.497 e. The van der Waals surface area contributed by atoms with Crippen LogP contribution in [0, 0.1) is 0 Å². The van der Waals surface area contributed by atoms with Gasteiger partial charge in [0, 0.05) is 25.2 Å². The SMILES string of the molecule is COc1ccc(C2=C(c3ccc(OC)cc3)N(C)C(SCC(C)=O)N2C)cc1.Cl. The van der Waals surface area contributed by atoms with Crippen molar-refractivity contribution in [2.75, 3.05) is 34.1 Å². The summed E-state index contributed by atoms with van der Waals surface area (Å²) in [6.07, 6.45) is 0. The number of rotatable bonds is 7. The minimum atomic E-state index is 0. The Hall–Kier alpha value is -2.31. The molecular formula is C22H27ClN2O3S. The molecule has 0 radical (unpaired) electrons. The Morgan fingerprint density at radius 1 is 0.862 bits per heavy atom. The van der Waals surface area contributed by atoms with Crippen LogP contribution in [0.5, 0.6) is 11.5 Å². The highest BCUT2D eigenvalue weighted by Gasteiger charge is 2.35. The zero-order valence-corrected chi connectivity index (χ0v) is 19.0. The van der Waals surface area contributed by atoms with E-state index in [0.717, 1.165) is 34.0 Å². The highest BCUT2D eigenvalue weighted by molar-refractivity contribution is 8.00. The lowest BCUT2D eigenvalue weighted by Crippen LogP contribution is -2.33. The van der Waals surface area contributed by atoms with Gasteiger partial charge in [-0.25, -0.2) is 0 Å². The molecule has 2 aromatic rings. The number of ketones is 1. The molecular weight excluding hydrogens is 408 g/mol. The molecule has 1 aliphatic rings. The van der Waals surface area contributed by atoms with Gasteiger partial charge in [0.05, 0.1) is 31.4 Å². The van der Waals surface area contributed by atoms with Crippen molar-refractivity contribution in [3.8, 4) is 11.5 Å². The molecule has 29 heavy (non-hydrogen) atoms. The molecule has 0 saturated carbocycles. The molecule has 156 valence electrons. The predicted octanol–water partition coefficient (Wildman–Crippen LogP) is 4.43. The maximum atomic E-state index is 11.6. The minimum Gasteiger partial charge on any atom is -0.497 e. The van der Waals surface area contributed by atoms with E-state index in [1.54, 1.807) is 32.9 Å². The second-order valence-corrected chi connectivity index (χ2v) is 7.76. The average molecular weight is 435 g/mol. The summed E-state index contributed by atoms with van der Waals surface area (Å²) in [5, 5.41) is 0. The van der Waals surface area contributed by atoms with Gasteiger partial charge in [-0.05, 0) is 55.5 Å². The van der Waals surface area contributed by atoms with Gasteiger partial charge in [0.2, 0.25) is 0 Å². The number of thioether (sulfide) groups is 1. The topological polar surface area (TPSA) is 42.0 Å². The van der Waals surface area contributed by atoms with Gasteiger partial charge in [0.1, 0.15) is 17.3 Å². The number of hydrogen-bond acceptors (Lipinski definition) is 6. The Morgan fingerprint density at radius 2 is 1.24 bits per heavy atom. The van der Waals surface area contributed by atoms with Crippen LogP contribution < -0.4 is 9.47 Å². The molecule has 0 atom stereocenters. The van der Waals surface area contributed by atoms with Gasteiger partial charge in [0.25, 0.3) is 0 Å². The molecule has 1 aliphatic heterocycles. The maximum Gasteiger partial charge on any atom is 0.150 e. The Bertz CT molecular complexity index is 805. The number of carbonyl (C=O) groups excluding carboxylic acids is 1. The third kappa shape index (κ3) is 4.82. The molecule has 0 N–H and O–H groups in total. The number of nitrogens with zero attached hydrogens (tertiary/aromatic N) is 2. The molecule has 0 amide bonds. The smallest absolute Gasteiger partial charge is 0.150 e. The Balaban J connectivity index is 0.00000300. The summed E-state index contributed by atoms with van der Waals surface area (Å²) in [6, 6.07) is 16.2. The van der Waals surface area contributed by atoms with E-state index in [1.807, 2.05) is 24.3 Å². The molecule has 2 aromatic carbocycles. The van der Waals surface area contributed by atoms with E-state index >= 15 is 0 Å². The molecule has 0 bridgehead atoms. The first-order valence-electron chi connectivity index (χ1n) is 9.06. The Labute approximate surface area is 183 Å². The maximum absolute atomic E-state index is 11.6. The van der Waals surface area contributed by atoms with E-state index in [1.165, 1.54) is 0 Å². The van der Waals surface area contributed by atoms with Crippen molar-refractivity contribution < 1.29 is 14.3 Å². The predicted molar refractivity (Wildman–Crippen MR) is 123 cm³/mol. The summed E-state index contributed by atoms with van der Waals surface area (Å²) < 4.78 is 10.6. The summed E-state index contributed by atoms with van der Waals surface area (Å²) in [5.41, 5.74) is 4.49. The molecule has 7 heteroatoms. The van der Waals surface area contributed by atoms with E-state index in [-0.39, 0.29) is 23.7 Å². The molecule has 0 aromatic heterocycles. The zero-order chi connectivity index (χ0) is 20.3. The van der Waals surface area contributed by atoms with Crippen LogP contribution in [-0.4, -0.2) is 55.1 Å². The van der Waals surface area contributed by atoms with Crippen LogP contribution in [0.2, 0.25) is 0 Å². The first-order valence-corrected chi connectivity index (χ1v) is 10.1. The summed E-state index contributed by atoms with van der Waals surface area (Å²) in [6.45, 7) is 1.63. The zero-order valence-electron chi connectivity index (χ0n) is 17.3. The van der Waals surface area contributed by atoms with Gasteiger partial charge < -0.3 is 19.3 Å².